The fraction of sp³-hybridized carbons (Fsp3) is 0.0345. The van der Waals surface area contributed by atoms with E-state index in [2.05, 4.69) is 5.32 Å². The van der Waals surface area contributed by atoms with Crippen molar-refractivity contribution in [3.05, 3.63) is 138 Å². The number of hydrogen-bond acceptors (Lipinski definition) is 4. The van der Waals surface area contributed by atoms with Crippen molar-refractivity contribution in [1.82, 2.24) is 0 Å². The maximum Gasteiger partial charge on any atom is 0.301 e. The van der Waals surface area contributed by atoms with E-state index in [-0.39, 0.29) is 11.3 Å². The van der Waals surface area contributed by atoms with Crippen LogP contribution in [0.2, 0.25) is 0 Å². The van der Waals surface area contributed by atoms with Crippen LogP contribution in [0.3, 0.4) is 0 Å². The molecule has 1 aliphatic heterocycles. The number of aliphatic hydroxyl groups is 1. The Balaban J connectivity index is 1.88. The molecular formula is C29H22N2O3. The van der Waals surface area contributed by atoms with Crippen molar-refractivity contribution < 1.29 is 14.7 Å². The van der Waals surface area contributed by atoms with Crippen molar-refractivity contribution in [3.8, 4) is 0 Å². The van der Waals surface area contributed by atoms with Gasteiger partial charge in [-0.1, -0.05) is 97.1 Å². The number of carbonyl (C=O) groups is 2. The molecule has 1 unspecified atom stereocenters. The van der Waals surface area contributed by atoms with Crippen LogP contribution < -0.4 is 10.2 Å². The van der Waals surface area contributed by atoms with Crippen LogP contribution in [0.1, 0.15) is 11.1 Å². The summed E-state index contributed by atoms with van der Waals surface area (Å²) in [6.07, 6.45) is 0. The third-order valence-electron chi connectivity index (χ3n) is 5.91. The molecule has 1 atom stereocenters. The lowest BCUT2D eigenvalue weighted by molar-refractivity contribution is -0.132. The minimum atomic E-state index is -1.49. The molecule has 5 nitrogen and oxygen atoms in total. The van der Waals surface area contributed by atoms with Crippen LogP contribution >= 0.6 is 0 Å². The summed E-state index contributed by atoms with van der Waals surface area (Å²) in [5.41, 5.74) is 0.792. The highest BCUT2D eigenvalue weighted by molar-refractivity contribution is 6.52. The second-order valence-electron chi connectivity index (χ2n) is 7.96. The standard InChI is InChI=1S/C29H22N2O3/c32-26(21-13-5-1-6-14-21)25-27(33)28(34)31(24-19-11-4-12-20-24)29(25,22-15-7-2-8-16-22)30-23-17-9-3-10-18-23/h1-20,30,32H/b26-25-. The van der Waals surface area contributed by atoms with Gasteiger partial charge in [0.05, 0.1) is 5.57 Å². The fourth-order valence-corrected chi connectivity index (χ4v) is 4.42. The molecule has 1 saturated heterocycles. The summed E-state index contributed by atoms with van der Waals surface area (Å²) in [5.74, 6) is -1.74. The van der Waals surface area contributed by atoms with Gasteiger partial charge in [-0.05, 0) is 24.3 Å². The predicted octanol–water partition coefficient (Wildman–Crippen LogP) is 5.54. The molecule has 4 aromatic carbocycles. The Labute approximate surface area is 197 Å². The first-order valence-corrected chi connectivity index (χ1v) is 10.9. The van der Waals surface area contributed by atoms with Gasteiger partial charge >= 0.3 is 5.91 Å². The van der Waals surface area contributed by atoms with E-state index in [9.17, 15) is 14.7 Å². The number of ketones is 1. The number of benzene rings is 4. The lowest BCUT2D eigenvalue weighted by atomic mass is 9.87. The Kier molecular flexibility index (Phi) is 5.44. The largest absolute Gasteiger partial charge is 0.507 e. The number of hydrogen-bond donors (Lipinski definition) is 2. The van der Waals surface area contributed by atoms with E-state index < -0.39 is 17.4 Å². The van der Waals surface area contributed by atoms with E-state index >= 15 is 0 Å². The number of amides is 1. The number of Topliss-reactive ketones (excluding diaryl/α,β-unsaturated/α-hetero) is 1. The summed E-state index contributed by atoms with van der Waals surface area (Å²) in [4.78, 5) is 28.7. The van der Waals surface area contributed by atoms with E-state index in [0.717, 1.165) is 0 Å². The van der Waals surface area contributed by atoms with Crippen molar-refractivity contribution in [3.63, 3.8) is 0 Å². The molecule has 0 spiro atoms. The van der Waals surface area contributed by atoms with Crippen LogP contribution in [0.4, 0.5) is 11.4 Å². The van der Waals surface area contributed by atoms with Crippen LogP contribution in [0, 0.1) is 0 Å². The highest BCUT2D eigenvalue weighted by Gasteiger charge is 2.58. The molecule has 34 heavy (non-hydrogen) atoms. The highest BCUT2D eigenvalue weighted by atomic mass is 16.3. The van der Waals surface area contributed by atoms with Gasteiger partial charge < -0.3 is 10.4 Å². The van der Waals surface area contributed by atoms with Gasteiger partial charge in [0.2, 0.25) is 0 Å². The molecule has 1 heterocycles. The van der Waals surface area contributed by atoms with Gasteiger partial charge in [-0.2, -0.15) is 0 Å². The van der Waals surface area contributed by atoms with Crippen molar-refractivity contribution in [1.29, 1.82) is 0 Å². The number of rotatable bonds is 5. The van der Waals surface area contributed by atoms with Crippen LogP contribution in [0.15, 0.2) is 127 Å². The number of aliphatic hydroxyl groups excluding tert-OH is 1. The Bertz CT molecular complexity index is 1350. The summed E-state index contributed by atoms with van der Waals surface area (Å²) in [6.45, 7) is 0. The zero-order chi connectivity index (χ0) is 23.5. The van der Waals surface area contributed by atoms with E-state index in [4.69, 9.17) is 0 Å². The SMILES string of the molecule is O=C1C(=O)N(c2ccccc2)C(Nc2ccccc2)(c2ccccc2)/C1=C(\O)c1ccccc1. The molecule has 0 aliphatic carbocycles. The van der Waals surface area contributed by atoms with Crippen molar-refractivity contribution in [2.24, 2.45) is 0 Å². The van der Waals surface area contributed by atoms with Crippen LogP contribution in [0.25, 0.3) is 5.76 Å². The molecule has 0 radical (unpaired) electrons. The van der Waals surface area contributed by atoms with Crippen molar-refractivity contribution in [2.75, 3.05) is 10.2 Å². The fourth-order valence-electron chi connectivity index (χ4n) is 4.42. The third-order valence-corrected chi connectivity index (χ3v) is 5.91. The molecule has 5 heteroatoms. The van der Waals surface area contributed by atoms with Gasteiger partial charge in [-0.3, -0.25) is 14.5 Å². The van der Waals surface area contributed by atoms with E-state index in [1.165, 1.54) is 4.90 Å². The zero-order valence-electron chi connectivity index (χ0n) is 18.3. The van der Waals surface area contributed by atoms with Gasteiger partial charge in [0.15, 0.2) is 5.66 Å². The summed E-state index contributed by atoms with van der Waals surface area (Å²) >= 11 is 0. The molecule has 166 valence electrons. The third kappa shape index (κ3) is 3.44. The minimum absolute atomic E-state index is 0.0254. The summed E-state index contributed by atoms with van der Waals surface area (Å²) in [5, 5.41) is 14.9. The normalized spacial score (nSPS) is 19.2. The lowest BCUT2D eigenvalue weighted by Gasteiger charge is -2.40. The summed E-state index contributed by atoms with van der Waals surface area (Å²) in [6, 6.07) is 36.4. The van der Waals surface area contributed by atoms with Crippen molar-refractivity contribution >= 4 is 28.8 Å². The van der Waals surface area contributed by atoms with Gasteiger partial charge in [0, 0.05) is 22.5 Å². The molecule has 2 N–H and O–H groups in total. The Morgan fingerprint density at radius 1 is 0.676 bits per heavy atom. The molecule has 1 amide bonds. The van der Waals surface area contributed by atoms with E-state index in [1.807, 2.05) is 84.9 Å². The first kappa shape index (κ1) is 21.2. The predicted molar refractivity (Wildman–Crippen MR) is 133 cm³/mol. The first-order chi connectivity index (χ1) is 16.6. The quantitative estimate of drug-likeness (QED) is 0.240. The Hall–Kier alpha value is -4.64. The molecule has 1 aliphatic rings. The maximum absolute atomic E-state index is 13.6. The topological polar surface area (TPSA) is 69.6 Å². The average molecular weight is 447 g/mol. The number of para-hydroxylation sites is 2. The van der Waals surface area contributed by atoms with Crippen molar-refractivity contribution in [2.45, 2.75) is 5.66 Å². The molecular weight excluding hydrogens is 424 g/mol. The Morgan fingerprint density at radius 2 is 1.18 bits per heavy atom. The van der Waals surface area contributed by atoms with Gasteiger partial charge in [0.25, 0.3) is 5.78 Å². The lowest BCUT2D eigenvalue weighted by Crippen LogP contribution is -2.50. The Morgan fingerprint density at radius 3 is 1.76 bits per heavy atom. The number of carbonyl (C=O) groups excluding carboxylic acids is 2. The molecule has 0 bridgehead atoms. The number of nitrogens with zero attached hydrogens (tertiary/aromatic N) is 1. The van der Waals surface area contributed by atoms with Gasteiger partial charge in [-0.25, -0.2) is 0 Å². The maximum atomic E-state index is 13.6. The summed E-state index contributed by atoms with van der Waals surface area (Å²) < 4.78 is 0. The van der Waals surface area contributed by atoms with Gasteiger partial charge in [0.1, 0.15) is 5.76 Å². The second kappa shape index (κ2) is 8.71. The monoisotopic (exact) mass is 446 g/mol. The highest BCUT2D eigenvalue weighted by Crippen LogP contribution is 2.47. The number of nitrogens with one attached hydrogen (secondary N) is 1. The summed E-state index contributed by atoms with van der Waals surface area (Å²) in [7, 11) is 0. The van der Waals surface area contributed by atoms with Crippen LogP contribution in [-0.2, 0) is 15.3 Å². The molecule has 1 fully saturated rings. The van der Waals surface area contributed by atoms with E-state index in [0.29, 0.717) is 22.5 Å². The zero-order valence-corrected chi connectivity index (χ0v) is 18.3. The molecule has 0 saturated carbocycles. The van der Waals surface area contributed by atoms with Crippen LogP contribution in [0.5, 0.6) is 0 Å². The average Bonchev–Trinajstić information content (AvgIpc) is 3.12. The van der Waals surface area contributed by atoms with E-state index in [1.54, 1.807) is 36.4 Å². The molecule has 0 aromatic heterocycles. The molecule has 4 aromatic rings. The van der Waals surface area contributed by atoms with Crippen LogP contribution in [-0.4, -0.2) is 16.8 Å². The second-order valence-corrected chi connectivity index (χ2v) is 7.96. The minimum Gasteiger partial charge on any atom is -0.507 e. The molecule has 5 rings (SSSR count). The number of anilines is 2. The first-order valence-electron chi connectivity index (χ1n) is 10.9. The smallest absolute Gasteiger partial charge is 0.301 e. The van der Waals surface area contributed by atoms with Gasteiger partial charge in [-0.15, -0.1) is 0 Å².